The predicted molar refractivity (Wildman–Crippen MR) is 128 cm³/mol. The highest BCUT2D eigenvalue weighted by molar-refractivity contribution is 7.99. The van der Waals surface area contributed by atoms with Crippen molar-refractivity contribution in [2.75, 3.05) is 37.4 Å². The average molecular weight is 513 g/mol. The molecule has 1 fully saturated rings. The molecule has 0 saturated carbocycles. The number of thioether (sulfide) groups is 1. The van der Waals surface area contributed by atoms with E-state index in [-0.39, 0.29) is 11.7 Å². The summed E-state index contributed by atoms with van der Waals surface area (Å²) in [6.07, 6.45) is 0. The van der Waals surface area contributed by atoms with E-state index in [0.717, 1.165) is 24.6 Å². The number of carbonyl (C=O) groups is 1. The Morgan fingerprint density at radius 2 is 1.78 bits per heavy atom. The first kappa shape index (κ1) is 23.4. The van der Waals surface area contributed by atoms with Gasteiger partial charge in [0.15, 0.2) is 11.0 Å². The lowest BCUT2D eigenvalue weighted by molar-refractivity contribution is -0.113. The zero-order chi connectivity index (χ0) is 22.5. The van der Waals surface area contributed by atoms with Crippen LogP contribution in [0.25, 0.3) is 5.69 Å². The molecule has 0 aliphatic carbocycles. The summed E-state index contributed by atoms with van der Waals surface area (Å²) < 4.78 is 7.40. The van der Waals surface area contributed by atoms with Crippen molar-refractivity contribution in [3.63, 3.8) is 0 Å². The third kappa shape index (κ3) is 5.95. The van der Waals surface area contributed by atoms with E-state index in [1.807, 2.05) is 28.8 Å². The number of anilines is 1. The van der Waals surface area contributed by atoms with Crippen molar-refractivity contribution in [1.82, 2.24) is 19.7 Å². The van der Waals surface area contributed by atoms with Gasteiger partial charge in [-0.1, -0.05) is 46.6 Å². The Bertz CT molecular complexity index is 1090. The molecule has 168 valence electrons. The van der Waals surface area contributed by atoms with E-state index in [0.29, 0.717) is 45.7 Å². The summed E-state index contributed by atoms with van der Waals surface area (Å²) in [5.41, 5.74) is 1.47. The van der Waals surface area contributed by atoms with Crippen molar-refractivity contribution >= 4 is 58.2 Å². The highest BCUT2D eigenvalue weighted by Crippen LogP contribution is 2.27. The molecule has 7 nitrogen and oxygen atoms in total. The van der Waals surface area contributed by atoms with E-state index < -0.39 is 0 Å². The van der Waals surface area contributed by atoms with Crippen molar-refractivity contribution in [3.05, 3.63) is 63.4 Å². The average Bonchev–Trinajstić information content (AvgIpc) is 3.18. The largest absolute Gasteiger partial charge is 0.379 e. The number of morpholine rings is 1. The molecule has 0 atom stereocenters. The van der Waals surface area contributed by atoms with E-state index in [2.05, 4.69) is 20.4 Å². The first-order valence-electron chi connectivity index (χ1n) is 9.87. The lowest BCUT2D eigenvalue weighted by Gasteiger charge is -2.26. The van der Waals surface area contributed by atoms with Crippen LogP contribution in [0.5, 0.6) is 0 Å². The maximum Gasteiger partial charge on any atom is 0.234 e. The summed E-state index contributed by atoms with van der Waals surface area (Å²) in [7, 11) is 0. The Balaban J connectivity index is 1.50. The van der Waals surface area contributed by atoms with Gasteiger partial charge in [-0.25, -0.2) is 0 Å². The first-order chi connectivity index (χ1) is 15.5. The second-order valence-corrected chi connectivity index (χ2v) is 9.26. The molecule has 1 saturated heterocycles. The molecule has 32 heavy (non-hydrogen) atoms. The molecule has 0 spiro atoms. The van der Waals surface area contributed by atoms with Gasteiger partial charge < -0.3 is 10.1 Å². The Kier molecular flexibility index (Phi) is 7.93. The van der Waals surface area contributed by atoms with Gasteiger partial charge >= 0.3 is 0 Å². The van der Waals surface area contributed by atoms with E-state index in [1.54, 1.807) is 18.2 Å². The highest BCUT2D eigenvalue weighted by atomic mass is 35.5. The predicted octanol–water partition coefficient (Wildman–Crippen LogP) is 4.79. The smallest absolute Gasteiger partial charge is 0.234 e. The van der Waals surface area contributed by atoms with Gasteiger partial charge in [-0.2, -0.15) is 0 Å². The summed E-state index contributed by atoms with van der Waals surface area (Å²) in [5.74, 6) is 0.763. The number of rotatable bonds is 7. The molecule has 4 rings (SSSR count). The van der Waals surface area contributed by atoms with Gasteiger partial charge in [0, 0.05) is 29.5 Å². The molecule has 1 amide bonds. The Labute approximate surface area is 205 Å². The minimum atomic E-state index is -0.186. The van der Waals surface area contributed by atoms with Gasteiger partial charge in [-0.15, -0.1) is 10.2 Å². The van der Waals surface area contributed by atoms with Crippen LogP contribution in [0.4, 0.5) is 5.69 Å². The summed E-state index contributed by atoms with van der Waals surface area (Å²) in [5, 5.41) is 13.7. The quantitative estimate of drug-likeness (QED) is 0.459. The first-order valence-corrected chi connectivity index (χ1v) is 12.0. The van der Waals surface area contributed by atoms with Gasteiger partial charge in [0.2, 0.25) is 5.91 Å². The van der Waals surface area contributed by atoms with Crippen LogP contribution in [0.1, 0.15) is 5.82 Å². The normalized spacial score (nSPS) is 14.5. The van der Waals surface area contributed by atoms with Crippen LogP contribution in [0, 0.1) is 0 Å². The summed E-state index contributed by atoms with van der Waals surface area (Å²) in [6, 6.07) is 12.4. The fraction of sp³-hybridized carbons (Fsp3) is 0.286. The maximum atomic E-state index is 12.5. The fourth-order valence-electron chi connectivity index (χ4n) is 3.21. The molecule has 1 aliphatic rings. The Hall–Kier alpha value is -1.81. The second kappa shape index (κ2) is 10.9. The Morgan fingerprint density at radius 1 is 1.03 bits per heavy atom. The molecule has 1 aliphatic heterocycles. The number of benzene rings is 2. The van der Waals surface area contributed by atoms with Crippen molar-refractivity contribution in [2.45, 2.75) is 11.7 Å². The van der Waals surface area contributed by atoms with Gasteiger partial charge in [0.1, 0.15) is 0 Å². The number of hydrogen-bond donors (Lipinski definition) is 1. The molecule has 0 radical (unpaired) electrons. The van der Waals surface area contributed by atoms with Crippen LogP contribution in [-0.2, 0) is 16.1 Å². The van der Waals surface area contributed by atoms with Gasteiger partial charge in [-0.05, 0) is 42.5 Å². The van der Waals surface area contributed by atoms with E-state index in [1.165, 1.54) is 11.8 Å². The summed E-state index contributed by atoms with van der Waals surface area (Å²) in [4.78, 5) is 14.8. The third-order valence-corrected chi connectivity index (χ3v) is 6.71. The van der Waals surface area contributed by atoms with E-state index in [4.69, 9.17) is 39.5 Å². The van der Waals surface area contributed by atoms with Crippen LogP contribution < -0.4 is 5.32 Å². The number of ether oxygens (including phenoxy) is 1. The van der Waals surface area contributed by atoms with E-state index in [9.17, 15) is 4.79 Å². The van der Waals surface area contributed by atoms with Crippen LogP contribution in [-0.4, -0.2) is 57.6 Å². The van der Waals surface area contributed by atoms with Crippen molar-refractivity contribution in [1.29, 1.82) is 0 Å². The van der Waals surface area contributed by atoms with Crippen molar-refractivity contribution < 1.29 is 9.53 Å². The molecular weight excluding hydrogens is 493 g/mol. The van der Waals surface area contributed by atoms with Crippen molar-refractivity contribution in [3.8, 4) is 5.69 Å². The lowest BCUT2D eigenvalue weighted by Crippen LogP contribution is -2.36. The minimum Gasteiger partial charge on any atom is -0.379 e. The van der Waals surface area contributed by atoms with Gasteiger partial charge in [-0.3, -0.25) is 14.3 Å². The lowest BCUT2D eigenvalue weighted by atomic mass is 10.3. The van der Waals surface area contributed by atoms with Crippen LogP contribution >= 0.6 is 46.6 Å². The molecule has 1 N–H and O–H groups in total. The highest BCUT2D eigenvalue weighted by Gasteiger charge is 2.20. The van der Waals surface area contributed by atoms with Crippen molar-refractivity contribution in [2.24, 2.45) is 0 Å². The second-order valence-electron chi connectivity index (χ2n) is 7.06. The van der Waals surface area contributed by atoms with Gasteiger partial charge in [0.25, 0.3) is 0 Å². The monoisotopic (exact) mass is 511 g/mol. The molecule has 3 aromatic rings. The number of aromatic nitrogens is 3. The standard InChI is InChI=1S/C21H20Cl3N5O2S/c22-14-1-4-16(5-2-14)29-19(12-28-7-9-31-10-8-28)26-27-21(29)32-13-20(30)25-15-3-6-17(23)18(24)11-15/h1-6,11H,7-10,12-13H2,(H,25,30). The molecule has 2 aromatic carbocycles. The van der Waals surface area contributed by atoms with E-state index >= 15 is 0 Å². The molecule has 1 aromatic heterocycles. The summed E-state index contributed by atoms with van der Waals surface area (Å²) >= 11 is 19.3. The fourth-order valence-corrected chi connectivity index (χ4v) is 4.40. The van der Waals surface area contributed by atoms with Crippen LogP contribution in [0.2, 0.25) is 15.1 Å². The molecule has 0 unspecified atom stereocenters. The maximum absolute atomic E-state index is 12.5. The Morgan fingerprint density at radius 3 is 2.50 bits per heavy atom. The van der Waals surface area contributed by atoms with Crippen LogP contribution in [0.15, 0.2) is 47.6 Å². The molecule has 2 heterocycles. The number of nitrogens with zero attached hydrogens (tertiary/aromatic N) is 4. The van der Waals surface area contributed by atoms with Gasteiger partial charge in [0.05, 0.1) is 35.6 Å². The summed E-state index contributed by atoms with van der Waals surface area (Å²) in [6.45, 7) is 3.70. The third-order valence-electron chi connectivity index (χ3n) is 4.79. The molecular formula is C21H20Cl3N5O2S. The SMILES string of the molecule is O=C(CSc1nnc(CN2CCOCC2)n1-c1ccc(Cl)cc1)Nc1ccc(Cl)c(Cl)c1. The minimum absolute atomic E-state index is 0.156. The number of carbonyl (C=O) groups excluding carboxylic acids is 1. The number of halogens is 3. The van der Waals surface area contributed by atoms with Crippen LogP contribution in [0.3, 0.4) is 0 Å². The number of nitrogens with one attached hydrogen (secondary N) is 1. The number of hydrogen-bond acceptors (Lipinski definition) is 6. The zero-order valence-corrected chi connectivity index (χ0v) is 20.0. The topological polar surface area (TPSA) is 72.3 Å². The molecule has 0 bridgehead atoms. The zero-order valence-electron chi connectivity index (χ0n) is 16.9. The molecule has 11 heteroatoms. The number of amides is 1.